The molecule has 1 aromatic heterocycles. The molecule has 134 valence electrons. The van der Waals surface area contributed by atoms with Gasteiger partial charge in [-0.15, -0.1) is 0 Å². The van der Waals surface area contributed by atoms with Crippen LogP contribution in [0, 0.1) is 18.6 Å². The summed E-state index contributed by atoms with van der Waals surface area (Å²) in [6, 6.07) is 7.39. The molecular weight excluding hydrogens is 342 g/mol. The topological polar surface area (TPSA) is 76.0 Å². The Morgan fingerprint density at radius 1 is 1.00 bits per heavy atom. The van der Waals surface area contributed by atoms with Crippen LogP contribution >= 0.6 is 0 Å². The fourth-order valence-corrected chi connectivity index (χ4v) is 2.73. The lowest BCUT2D eigenvalue weighted by atomic mass is 10.2. The summed E-state index contributed by atoms with van der Waals surface area (Å²) in [6.07, 6.45) is 0. The number of nitrogens with one attached hydrogen (secondary N) is 2. The molecule has 0 aliphatic rings. The van der Waals surface area contributed by atoms with Gasteiger partial charge in [-0.05, 0) is 44.2 Å². The van der Waals surface area contributed by atoms with Gasteiger partial charge in [-0.25, -0.2) is 13.8 Å². The molecule has 6 nitrogen and oxygen atoms in total. The summed E-state index contributed by atoms with van der Waals surface area (Å²) in [5.74, 6) is -2.33. The first-order valence-corrected chi connectivity index (χ1v) is 7.92. The average Bonchev–Trinajstić information content (AvgIpc) is 2.92. The largest absolute Gasteiger partial charge is 0.329 e. The minimum absolute atomic E-state index is 0.240. The predicted octanol–water partition coefficient (Wildman–Crippen LogP) is 2.72. The molecule has 26 heavy (non-hydrogen) atoms. The molecule has 0 unspecified atom stereocenters. The smallest absolute Gasteiger partial charge is 0.269 e. The van der Waals surface area contributed by atoms with Crippen molar-refractivity contribution in [3.8, 4) is 0 Å². The predicted molar refractivity (Wildman–Crippen MR) is 91.4 cm³/mol. The lowest BCUT2D eigenvalue weighted by molar-refractivity contribution is 0.0846. The normalized spacial score (nSPS) is 10.8. The Bertz CT molecular complexity index is 994. The number of amides is 2. The van der Waals surface area contributed by atoms with Crippen molar-refractivity contribution in [1.29, 1.82) is 0 Å². The van der Waals surface area contributed by atoms with Crippen molar-refractivity contribution in [2.45, 2.75) is 20.4 Å². The van der Waals surface area contributed by atoms with E-state index >= 15 is 0 Å². The molecule has 8 heteroatoms. The molecule has 0 fully saturated rings. The van der Waals surface area contributed by atoms with Crippen LogP contribution in [-0.2, 0) is 6.54 Å². The van der Waals surface area contributed by atoms with E-state index in [2.05, 4.69) is 15.8 Å². The maximum atomic E-state index is 13.1. The lowest BCUT2D eigenvalue weighted by Crippen LogP contribution is -2.41. The lowest BCUT2D eigenvalue weighted by Gasteiger charge is -2.08. The van der Waals surface area contributed by atoms with E-state index in [4.69, 9.17) is 0 Å². The van der Waals surface area contributed by atoms with Crippen molar-refractivity contribution in [1.82, 2.24) is 20.4 Å². The third-order valence-electron chi connectivity index (χ3n) is 3.93. The van der Waals surface area contributed by atoms with Crippen LogP contribution in [0.15, 0.2) is 36.4 Å². The van der Waals surface area contributed by atoms with Crippen LogP contribution in [0.5, 0.6) is 0 Å². The van der Waals surface area contributed by atoms with Crippen molar-refractivity contribution in [2.24, 2.45) is 0 Å². The Labute approximate surface area is 147 Å². The Morgan fingerprint density at radius 3 is 2.23 bits per heavy atom. The highest BCUT2D eigenvalue weighted by Gasteiger charge is 2.13. The van der Waals surface area contributed by atoms with E-state index in [0.29, 0.717) is 17.1 Å². The van der Waals surface area contributed by atoms with Gasteiger partial charge in [0.15, 0.2) is 0 Å². The maximum Gasteiger partial charge on any atom is 0.269 e. The zero-order valence-electron chi connectivity index (χ0n) is 14.1. The standard InChI is InChI=1S/C18H16F2N4O2/c1-3-24-10(2)21-15-8-11(4-5-16(15)24)17(25)22-23-18(26)12-6-13(19)9-14(20)7-12/h4-9H,3H2,1-2H3,(H,22,25)(H,23,26). The Kier molecular flexibility index (Phi) is 4.66. The van der Waals surface area contributed by atoms with Crippen LogP contribution in [0.3, 0.4) is 0 Å². The number of hydrogen-bond acceptors (Lipinski definition) is 3. The van der Waals surface area contributed by atoms with Crippen molar-refractivity contribution < 1.29 is 18.4 Å². The minimum Gasteiger partial charge on any atom is -0.329 e. The molecule has 0 bridgehead atoms. The zero-order valence-corrected chi connectivity index (χ0v) is 14.1. The molecule has 3 aromatic rings. The molecule has 0 aliphatic carbocycles. The minimum atomic E-state index is -0.881. The molecule has 0 saturated carbocycles. The highest BCUT2D eigenvalue weighted by atomic mass is 19.1. The van der Waals surface area contributed by atoms with Gasteiger partial charge >= 0.3 is 0 Å². The van der Waals surface area contributed by atoms with Crippen molar-refractivity contribution in [3.05, 3.63) is 65.0 Å². The van der Waals surface area contributed by atoms with Gasteiger partial charge in [0.2, 0.25) is 0 Å². The Hall–Kier alpha value is -3.29. The number of halogens is 2. The molecule has 2 N–H and O–H groups in total. The molecule has 2 amide bonds. The number of carbonyl (C=O) groups is 2. The second-order valence-electron chi connectivity index (χ2n) is 5.67. The fourth-order valence-electron chi connectivity index (χ4n) is 2.73. The summed E-state index contributed by atoms with van der Waals surface area (Å²) < 4.78 is 28.3. The number of hydrogen-bond donors (Lipinski definition) is 2. The molecule has 0 aliphatic heterocycles. The second-order valence-corrected chi connectivity index (χ2v) is 5.67. The van der Waals surface area contributed by atoms with Gasteiger partial charge in [-0.1, -0.05) is 0 Å². The Balaban J connectivity index is 1.73. The van der Waals surface area contributed by atoms with Gasteiger partial charge in [-0.3, -0.25) is 20.4 Å². The number of imidazole rings is 1. The quantitative estimate of drug-likeness (QED) is 0.707. The number of rotatable bonds is 3. The number of carbonyl (C=O) groups excluding carboxylic acids is 2. The number of hydrazine groups is 1. The number of fused-ring (bicyclic) bond motifs is 1. The molecule has 0 atom stereocenters. The zero-order chi connectivity index (χ0) is 18.8. The van der Waals surface area contributed by atoms with Crippen LogP contribution in [0.1, 0.15) is 33.5 Å². The fraction of sp³-hybridized carbons (Fsp3) is 0.167. The van der Waals surface area contributed by atoms with E-state index in [0.717, 1.165) is 30.0 Å². The average molecular weight is 358 g/mol. The molecule has 0 spiro atoms. The first-order chi connectivity index (χ1) is 12.4. The van der Waals surface area contributed by atoms with Crippen molar-refractivity contribution in [3.63, 3.8) is 0 Å². The van der Waals surface area contributed by atoms with Gasteiger partial charge in [0.1, 0.15) is 17.5 Å². The van der Waals surface area contributed by atoms with Crippen LogP contribution in [-0.4, -0.2) is 21.4 Å². The van der Waals surface area contributed by atoms with E-state index in [9.17, 15) is 18.4 Å². The number of aromatic nitrogens is 2. The van der Waals surface area contributed by atoms with E-state index < -0.39 is 23.4 Å². The van der Waals surface area contributed by atoms with Crippen molar-refractivity contribution >= 4 is 22.8 Å². The van der Waals surface area contributed by atoms with Crippen LogP contribution in [0.4, 0.5) is 8.78 Å². The molecule has 2 aromatic carbocycles. The molecule has 3 rings (SSSR count). The van der Waals surface area contributed by atoms with E-state index in [1.54, 1.807) is 18.2 Å². The van der Waals surface area contributed by atoms with E-state index in [-0.39, 0.29) is 5.56 Å². The number of nitrogens with zero attached hydrogens (tertiary/aromatic N) is 2. The van der Waals surface area contributed by atoms with E-state index in [1.807, 2.05) is 18.4 Å². The second kappa shape index (κ2) is 6.91. The summed E-state index contributed by atoms with van der Waals surface area (Å²) in [6.45, 7) is 4.63. The van der Waals surface area contributed by atoms with Crippen LogP contribution in [0.25, 0.3) is 11.0 Å². The first kappa shape index (κ1) is 17.5. The SMILES string of the molecule is CCn1c(C)nc2cc(C(=O)NNC(=O)c3cc(F)cc(F)c3)ccc21. The number of aryl methyl sites for hydroxylation is 2. The monoisotopic (exact) mass is 358 g/mol. The summed E-state index contributed by atoms with van der Waals surface area (Å²) in [5, 5.41) is 0. The molecule has 1 heterocycles. The van der Waals surface area contributed by atoms with Gasteiger partial charge in [0.05, 0.1) is 11.0 Å². The van der Waals surface area contributed by atoms with E-state index in [1.165, 1.54) is 0 Å². The molecule has 0 saturated heterocycles. The van der Waals surface area contributed by atoms with Crippen molar-refractivity contribution in [2.75, 3.05) is 0 Å². The van der Waals surface area contributed by atoms with Crippen LogP contribution in [0.2, 0.25) is 0 Å². The summed E-state index contributed by atoms with van der Waals surface area (Å²) >= 11 is 0. The third kappa shape index (κ3) is 3.39. The summed E-state index contributed by atoms with van der Waals surface area (Å²) in [7, 11) is 0. The Morgan fingerprint density at radius 2 is 1.62 bits per heavy atom. The van der Waals surface area contributed by atoms with Gasteiger partial charge in [-0.2, -0.15) is 0 Å². The molecular formula is C18H16F2N4O2. The summed E-state index contributed by atoms with van der Waals surface area (Å²) in [4.78, 5) is 28.5. The summed E-state index contributed by atoms with van der Waals surface area (Å²) in [5.41, 5.74) is 5.97. The highest BCUT2D eigenvalue weighted by molar-refractivity contribution is 6.00. The first-order valence-electron chi connectivity index (χ1n) is 7.92. The van der Waals surface area contributed by atoms with Gasteiger partial charge in [0.25, 0.3) is 11.8 Å². The van der Waals surface area contributed by atoms with Gasteiger partial charge in [0, 0.05) is 23.7 Å². The molecule has 0 radical (unpaired) electrons. The maximum absolute atomic E-state index is 13.1. The third-order valence-corrected chi connectivity index (χ3v) is 3.93. The van der Waals surface area contributed by atoms with Crippen LogP contribution < -0.4 is 10.9 Å². The van der Waals surface area contributed by atoms with Gasteiger partial charge < -0.3 is 4.57 Å². The highest BCUT2D eigenvalue weighted by Crippen LogP contribution is 2.17. The number of benzene rings is 2.